The summed E-state index contributed by atoms with van der Waals surface area (Å²) >= 11 is 3.32. The molecule has 1 atom stereocenters. The van der Waals surface area contributed by atoms with Gasteiger partial charge in [-0.1, -0.05) is 48.0 Å². The fraction of sp³-hybridized carbons (Fsp3) is 0.556. The maximum Gasteiger partial charge on any atom is 0.128 e. The van der Waals surface area contributed by atoms with Gasteiger partial charge in [-0.25, -0.2) is 4.39 Å². The van der Waals surface area contributed by atoms with E-state index in [2.05, 4.69) is 41.7 Å². The number of rotatable bonds is 6. The van der Waals surface area contributed by atoms with Crippen LogP contribution in [0.5, 0.6) is 0 Å². The van der Waals surface area contributed by atoms with Crippen LogP contribution >= 0.6 is 15.9 Å². The molecule has 1 aliphatic heterocycles. The Morgan fingerprint density at radius 3 is 2.68 bits per heavy atom. The topological polar surface area (TPSA) is 21.3 Å². The van der Waals surface area contributed by atoms with Crippen LogP contribution in [-0.4, -0.2) is 25.8 Å². The lowest BCUT2D eigenvalue weighted by atomic mass is 9.85. The van der Waals surface area contributed by atoms with E-state index in [0.717, 1.165) is 48.2 Å². The molecule has 2 nitrogen and oxygen atoms in total. The van der Waals surface area contributed by atoms with E-state index in [-0.39, 0.29) is 11.7 Å². The van der Waals surface area contributed by atoms with Gasteiger partial charge in [0.15, 0.2) is 0 Å². The molecule has 22 heavy (non-hydrogen) atoms. The van der Waals surface area contributed by atoms with Gasteiger partial charge >= 0.3 is 0 Å². The molecular weight excluding hydrogens is 345 g/mol. The molecular formula is C18H25BrFNO. The van der Waals surface area contributed by atoms with Crippen molar-refractivity contribution in [3.63, 3.8) is 0 Å². The lowest BCUT2D eigenvalue weighted by molar-refractivity contribution is 0.0778. The second-order valence-electron chi connectivity index (χ2n) is 6.24. The predicted molar refractivity (Wildman–Crippen MR) is 92.7 cm³/mol. The third kappa shape index (κ3) is 4.64. The number of halogens is 2. The number of hydrogen-bond donors (Lipinski definition) is 1. The van der Waals surface area contributed by atoms with E-state index in [9.17, 15) is 4.39 Å². The van der Waals surface area contributed by atoms with Crippen molar-refractivity contribution in [2.75, 3.05) is 19.8 Å². The lowest BCUT2D eigenvalue weighted by Gasteiger charge is -2.28. The van der Waals surface area contributed by atoms with Crippen molar-refractivity contribution in [1.82, 2.24) is 5.32 Å². The fourth-order valence-corrected chi connectivity index (χ4v) is 3.15. The van der Waals surface area contributed by atoms with Crippen molar-refractivity contribution in [3.8, 4) is 0 Å². The summed E-state index contributed by atoms with van der Waals surface area (Å²) in [6, 6.07) is 5.75. The molecule has 1 aromatic carbocycles. The molecule has 0 spiro atoms. The third-order valence-corrected chi connectivity index (χ3v) is 4.85. The molecule has 0 radical (unpaired) electrons. The molecule has 1 saturated heterocycles. The maximum absolute atomic E-state index is 14.4. The zero-order valence-electron chi connectivity index (χ0n) is 13.4. The minimum absolute atomic E-state index is 0.00375. The first-order valence-corrected chi connectivity index (χ1v) is 8.73. The van der Waals surface area contributed by atoms with E-state index in [4.69, 9.17) is 4.74 Å². The Balaban J connectivity index is 2.13. The van der Waals surface area contributed by atoms with Gasteiger partial charge in [-0.3, -0.25) is 0 Å². The van der Waals surface area contributed by atoms with Crippen molar-refractivity contribution in [2.45, 2.75) is 38.6 Å². The van der Waals surface area contributed by atoms with Crippen LogP contribution in [0.2, 0.25) is 0 Å². The molecule has 1 heterocycles. The largest absolute Gasteiger partial charge is 0.381 e. The van der Waals surface area contributed by atoms with Crippen molar-refractivity contribution in [1.29, 1.82) is 0 Å². The van der Waals surface area contributed by atoms with Gasteiger partial charge in [0.05, 0.1) is 0 Å². The molecule has 0 saturated carbocycles. The van der Waals surface area contributed by atoms with E-state index in [0.29, 0.717) is 12.0 Å². The van der Waals surface area contributed by atoms with Crippen LogP contribution in [-0.2, 0) is 4.74 Å². The summed E-state index contributed by atoms with van der Waals surface area (Å²) in [7, 11) is 0. The average Bonchev–Trinajstić information content (AvgIpc) is 2.49. The first-order valence-electron chi connectivity index (χ1n) is 7.93. The summed E-state index contributed by atoms with van der Waals surface area (Å²) < 4.78 is 20.5. The van der Waals surface area contributed by atoms with Crippen LogP contribution in [0.25, 0.3) is 0 Å². The Bertz CT molecular complexity index is 512. The fourth-order valence-electron chi connectivity index (χ4n) is 2.81. The molecule has 122 valence electrons. The van der Waals surface area contributed by atoms with E-state index in [1.165, 1.54) is 6.07 Å². The van der Waals surface area contributed by atoms with E-state index in [1.807, 2.05) is 12.1 Å². The first-order chi connectivity index (χ1) is 10.5. The predicted octanol–water partition coefficient (Wildman–Crippen LogP) is 4.65. The number of ether oxygens (including phenoxy) is 1. The van der Waals surface area contributed by atoms with Crippen molar-refractivity contribution in [2.24, 2.45) is 5.92 Å². The van der Waals surface area contributed by atoms with E-state index in [1.54, 1.807) is 0 Å². The van der Waals surface area contributed by atoms with Crippen molar-refractivity contribution in [3.05, 3.63) is 46.2 Å². The van der Waals surface area contributed by atoms with Gasteiger partial charge in [-0.15, -0.1) is 0 Å². The molecule has 0 amide bonds. The highest BCUT2D eigenvalue weighted by Gasteiger charge is 2.23. The van der Waals surface area contributed by atoms with Gasteiger partial charge in [-0.05, 0) is 36.5 Å². The smallest absolute Gasteiger partial charge is 0.128 e. The standard InChI is InChI=1S/C18H25BrFNO/c1-12(2)13(3)17(11-21-15-6-8-22-9-7-15)16-5-4-14(19)10-18(16)20/h4-5,10,12,15,17,21H,3,6-9,11H2,1-2H3/t17-/m0/s1. The minimum Gasteiger partial charge on any atom is -0.381 e. The Morgan fingerprint density at radius 2 is 2.09 bits per heavy atom. The molecule has 0 unspecified atom stereocenters. The van der Waals surface area contributed by atoms with Crippen LogP contribution in [0.1, 0.15) is 38.2 Å². The Hall–Kier alpha value is -0.710. The van der Waals surface area contributed by atoms with Gasteiger partial charge in [0.1, 0.15) is 5.82 Å². The molecule has 1 N–H and O–H groups in total. The Morgan fingerprint density at radius 1 is 1.41 bits per heavy atom. The van der Waals surface area contributed by atoms with Gasteiger partial charge < -0.3 is 10.1 Å². The molecule has 0 aromatic heterocycles. The van der Waals surface area contributed by atoms with E-state index >= 15 is 0 Å². The minimum atomic E-state index is -0.171. The summed E-state index contributed by atoms with van der Waals surface area (Å²) in [5.74, 6) is 0.149. The Kier molecular flexibility index (Phi) is 6.60. The maximum atomic E-state index is 14.4. The molecule has 0 aliphatic carbocycles. The summed E-state index contributed by atoms with van der Waals surface area (Å²) in [6.45, 7) is 10.8. The van der Waals surface area contributed by atoms with Gasteiger partial charge in [0, 0.05) is 36.2 Å². The quantitative estimate of drug-likeness (QED) is 0.736. The molecule has 4 heteroatoms. The van der Waals surface area contributed by atoms with Crippen molar-refractivity contribution >= 4 is 15.9 Å². The van der Waals surface area contributed by atoms with Crippen LogP contribution in [0.3, 0.4) is 0 Å². The monoisotopic (exact) mass is 369 g/mol. The molecule has 1 aromatic rings. The van der Waals surface area contributed by atoms with Gasteiger partial charge in [0.2, 0.25) is 0 Å². The number of benzene rings is 1. The summed E-state index contributed by atoms with van der Waals surface area (Å²) in [6.07, 6.45) is 2.04. The highest BCUT2D eigenvalue weighted by Crippen LogP contribution is 2.31. The number of nitrogens with one attached hydrogen (secondary N) is 1. The third-order valence-electron chi connectivity index (χ3n) is 4.36. The highest BCUT2D eigenvalue weighted by atomic mass is 79.9. The van der Waals surface area contributed by atoms with Crippen molar-refractivity contribution < 1.29 is 9.13 Å². The second-order valence-corrected chi connectivity index (χ2v) is 7.16. The summed E-state index contributed by atoms with van der Waals surface area (Å²) in [4.78, 5) is 0. The van der Waals surface area contributed by atoms with E-state index < -0.39 is 0 Å². The molecule has 1 fully saturated rings. The zero-order valence-corrected chi connectivity index (χ0v) is 15.0. The first kappa shape index (κ1) is 17.6. The van der Waals surface area contributed by atoms with Crippen LogP contribution in [0.15, 0.2) is 34.8 Å². The Labute approximate surface area is 141 Å². The van der Waals surface area contributed by atoms with Crippen LogP contribution < -0.4 is 5.32 Å². The second kappa shape index (κ2) is 8.23. The molecule has 0 bridgehead atoms. The zero-order chi connectivity index (χ0) is 16.1. The molecule has 1 aliphatic rings. The van der Waals surface area contributed by atoms with Crippen LogP contribution in [0, 0.1) is 11.7 Å². The lowest BCUT2D eigenvalue weighted by Crippen LogP contribution is -2.38. The van der Waals surface area contributed by atoms with Gasteiger partial charge in [0.25, 0.3) is 0 Å². The highest BCUT2D eigenvalue weighted by molar-refractivity contribution is 9.10. The van der Waals surface area contributed by atoms with Crippen LogP contribution in [0.4, 0.5) is 4.39 Å². The molecule has 2 rings (SSSR count). The average molecular weight is 370 g/mol. The number of hydrogen-bond acceptors (Lipinski definition) is 2. The summed E-state index contributed by atoms with van der Waals surface area (Å²) in [5, 5.41) is 3.58. The van der Waals surface area contributed by atoms with Gasteiger partial charge in [-0.2, -0.15) is 0 Å². The SMILES string of the molecule is C=C(C(C)C)[C@H](CNC1CCOCC1)c1ccc(Br)cc1F. The summed E-state index contributed by atoms with van der Waals surface area (Å²) in [5.41, 5.74) is 1.79. The normalized spacial score (nSPS) is 17.7.